The number of rotatable bonds is 10. The monoisotopic (exact) mass is 265 g/mol. The number of nitrogens with one attached hydrogen (secondary N) is 1. The van der Waals surface area contributed by atoms with Gasteiger partial charge in [0.15, 0.2) is 0 Å². The summed E-state index contributed by atoms with van der Waals surface area (Å²) < 4.78 is 10.7. The summed E-state index contributed by atoms with van der Waals surface area (Å²) in [5.74, 6) is 1.59. The first-order valence-electron chi connectivity index (χ1n) is 7.20. The lowest BCUT2D eigenvalue weighted by Crippen LogP contribution is -2.21. The zero-order valence-electron chi connectivity index (χ0n) is 12.4. The summed E-state index contributed by atoms with van der Waals surface area (Å²) >= 11 is 0. The van der Waals surface area contributed by atoms with E-state index in [2.05, 4.69) is 43.4 Å². The molecule has 0 saturated heterocycles. The largest absolute Gasteiger partial charge is 0.494 e. The van der Waals surface area contributed by atoms with Crippen molar-refractivity contribution in [1.29, 1.82) is 0 Å². The lowest BCUT2D eigenvalue weighted by Gasteiger charge is -2.11. The van der Waals surface area contributed by atoms with Crippen LogP contribution in [0.2, 0.25) is 0 Å². The molecule has 3 heteroatoms. The van der Waals surface area contributed by atoms with E-state index in [4.69, 9.17) is 9.47 Å². The second-order valence-corrected chi connectivity index (χ2v) is 4.82. The van der Waals surface area contributed by atoms with E-state index in [0.29, 0.717) is 5.92 Å². The van der Waals surface area contributed by atoms with Crippen molar-refractivity contribution < 1.29 is 9.47 Å². The molecule has 108 valence electrons. The highest BCUT2D eigenvalue weighted by molar-refractivity contribution is 5.29. The Morgan fingerprint density at radius 1 is 1.11 bits per heavy atom. The molecule has 19 heavy (non-hydrogen) atoms. The minimum Gasteiger partial charge on any atom is -0.494 e. The van der Waals surface area contributed by atoms with Crippen LogP contribution in [0.15, 0.2) is 24.3 Å². The summed E-state index contributed by atoms with van der Waals surface area (Å²) in [6, 6.07) is 8.47. The van der Waals surface area contributed by atoms with Gasteiger partial charge in [0.25, 0.3) is 0 Å². The Morgan fingerprint density at radius 3 is 2.47 bits per heavy atom. The Bertz CT molecular complexity index is 324. The Balaban J connectivity index is 2.16. The molecule has 0 aliphatic rings. The van der Waals surface area contributed by atoms with Gasteiger partial charge in [-0.25, -0.2) is 0 Å². The van der Waals surface area contributed by atoms with E-state index in [0.717, 1.165) is 38.5 Å². The Labute approximate surface area is 117 Å². The topological polar surface area (TPSA) is 30.5 Å². The molecule has 0 aliphatic heterocycles. The van der Waals surface area contributed by atoms with Gasteiger partial charge in [-0.3, -0.25) is 0 Å². The van der Waals surface area contributed by atoms with Crippen molar-refractivity contribution in [2.24, 2.45) is 0 Å². The third-order valence-electron chi connectivity index (χ3n) is 3.31. The predicted molar refractivity (Wildman–Crippen MR) is 80.0 cm³/mol. The first kappa shape index (κ1) is 16.0. The fraction of sp³-hybridized carbons (Fsp3) is 0.625. The normalized spacial score (nSPS) is 12.4. The average Bonchev–Trinajstić information content (AvgIpc) is 2.46. The van der Waals surface area contributed by atoms with Crippen molar-refractivity contribution in [1.82, 2.24) is 5.32 Å². The van der Waals surface area contributed by atoms with Gasteiger partial charge in [0.2, 0.25) is 0 Å². The molecule has 0 heterocycles. The molecule has 0 radical (unpaired) electrons. The molecule has 1 aromatic rings. The number of ether oxygens (including phenoxy) is 2. The predicted octanol–water partition coefficient (Wildman–Crippen LogP) is 3.21. The van der Waals surface area contributed by atoms with Gasteiger partial charge in [-0.1, -0.05) is 26.0 Å². The minimum absolute atomic E-state index is 0.624. The van der Waals surface area contributed by atoms with Crippen LogP contribution >= 0.6 is 0 Å². The van der Waals surface area contributed by atoms with E-state index in [1.54, 1.807) is 7.11 Å². The molecule has 1 rings (SSSR count). The molecule has 0 spiro atoms. The summed E-state index contributed by atoms with van der Waals surface area (Å²) in [4.78, 5) is 0. The number of methoxy groups -OCH3 is 1. The van der Waals surface area contributed by atoms with Gasteiger partial charge < -0.3 is 14.8 Å². The third-order valence-corrected chi connectivity index (χ3v) is 3.31. The smallest absolute Gasteiger partial charge is 0.119 e. The maximum atomic E-state index is 5.71. The summed E-state index contributed by atoms with van der Waals surface area (Å²) in [6.45, 7) is 7.85. The SMILES string of the molecule is CCC(C)c1ccc(OCCCNCCOC)cc1. The maximum Gasteiger partial charge on any atom is 0.119 e. The molecule has 0 bridgehead atoms. The standard InChI is InChI=1S/C16H27NO2/c1-4-14(2)15-6-8-16(9-7-15)19-12-5-10-17-11-13-18-3/h6-9,14,17H,4-5,10-13H2,1-3H3. The molecule has 1 atom stereocenters. The van der Waals surface area contributed by atoms with E-state index in [1.807, 2.05) is 0 Å². The number of benzene rings is 1. The maximum absolute atomic E-state index is 5.71. The van der Waals surface area contributed by atoms with Crippen LogP contribution in [-0.2, 0) is 4.74 Å². The van der Waals surface area contributed by atoms with Crippen LogP contribution in [0, 0.1) is 0 Å². The third kappa shape index (κ3) is 6.60. The lowest BCUT2D eigenvalue weighted by atomic mass is 9.99. The van der Waals surface area contributed by atoms with Gasteiger partial charge in [-0.15, -0.1) is 0 Å². The highest BCUT2D eigenvalue weighted by Gasteiger charge is 2.02. The second kappa shape index (κ2) is 9.82. The van der Waals surface area contributed by atoms with E-state index in [1.165, 1.54) is 12.0 Å². The molecular formula is C16H27NO2. The molecule has 0 aromatic heterocycles. The van der Waals surface area contributed by atoms with Gasteiger partial charge in [-0.05, 0) is 43.0 Å². The minimum atomic E-state index is 0.624. The summed E-state index contributed by atoms with van der Waals surface area (Å²) in [7, 11) is 1.72. The van der Waals surface area contributed by atoms with Gasteiger partial charge in [0.05, 0.1) is 13.2 Å². The van der Waals surface area contributed by atoms with E-state index in [9.17, 15) is 0 Å². The van der Waals surface area contributed by atoms with E-state index < -0.39 is 0 Å². The molecule has 1 aromatic carbocycles. The average molecular weight is 265 g/mol. The lowest BCUT2D eigenvalue weighted by molar-refractivity contribution is 0.198. The number of hydrogen-bond acceptors (Lipinski definition) is 3. The Hall–Kier alpha value is -1.06. The molecule has 3 nitrogen and oxygen atoms in total. The summed E-state index contributed by atoms with van der Waals surface area (Å²) in [6.07, 6.45) is 2.18. The molecular weight excluding hydrogens is 238 g/mol. The van der Waals surface area contributed by atoms with Crippen LogP contribution in [-0.4, -0.2) is 33.4 Å². The van der Waals surface area contributed by atoms with Crippen molar-refractivity contribution in [3.63, 3.8) is 0 Å². The Morgan fingerprint density at radius 2 is 1.84 bits per heavy atom. The van der Waals surface area contributed by atoms with Crippen molar-refractivity contribution >= 4 is 0 Å². The van der Waals surface area contributed by atoms with Crippen LogP contribution in [0.5, 0.6) is 5.75 Å². The van der Waals surface area contributed by atoms with Gasteiger partial charge in [0.1, 0.15) is 5.75 Å². The van der Waals surface area contributed by atoms with Gasteiger partial charge in [-0.2, -0.15) is 0 Å². The van der Waals surface area contributed by atoms with Crippen LogP contribution in [0.4, 0.5) is 0 Å². The fourth-order valence-electron chi connectivity index (χ4n) is 1.81. The molecule has 1 N–H and O–H groups in total. The summed E-state index contributed by atoms with van der Waals surface area (Å²) in [5.41, 5.74) is 1.39. The van der Waals surface area contributed by atoms with Crippen LogP contribution in [0.3, 0.4) is 0 Å². The quantitative estimate of drug-likeness (QED) is 0.659. The van der Waals surface area contributed by atoms with Crippen molar-refractivity contribution in [3.05, 3.63) is 29.8 Å². The van der Waals surface area contributed by atoms with E-state index in [-0.39, 0.29) is 0 Å². The van der Waals surface area contributed by atoms with Crippen LogP contribution in [0.25, 0.3) is 0 Å². The van der Waals surface area contributed by atoms with Crippen LogP contribution < -0.4 is 10.1 Å². The van der Waals surface area contributed by atoms with Crippen molar-refractivity contribution in [3.8, 4) is 5.75 Å². The van der Waals surface area contributed by atoms with Gasteiger partial charge in [0, 0.05) is 13.7 Å². The molecule has 0 fully saturated rings. The molecule has 1 unspecified atom stereocenters. The second-order valence-electron chi connectivity index (χ2n) is 4.82. The van der Waals surface area contributed by atoms with Crippen LogP contribution in [0.1, 0.15) is 38.2 Å². The summed E-state index contributed by atoms with van der Waals surface area (Å²) in [5, 5.41) is 3.30. The van der Waals surface area contributed by atoms with E-state index >= 15 is 0 Å². The van der Waals surface area contributed by atoms with Crippen molar-refractivity contribution in [2.75, 3.05) is 33.4 Å². The van der Waals surface area contributed by atoms with Crippen molar-refractivity contribution in [2.45, 2.75) is 32.6 Å². The molecule has 0 saturated carbocycles. The zero-order valence-corrected chi connectivity index (χ0v) is 12.4. The molecule has 0 aliphatic carbocycles. The van der Waals surface area contributed by atoms with Gasteiger partial charge >= 0.3 is 0 Å². The number of hydrogen-bond donors (Lipinski definition) is 1. The zero-order chi connectivity index (χ0) is 13.9. The molecule has 0 amide bonds. The fourth-order valence-corrected chi connectivity index (χ4v) is 1.81. The first-order chi connectivity index (χ1) is 9.27. The highest BCUT2D eigenvalue weighted by atomic mass is 16.5. The Kier molecular flexibility index (Phi) is 8.26. The first-order valence-corrected chi connectivity index (χ1v) is 7.20. The highest BCUT2D eigenvalue weighted by Crippen LogP contribution is 2.21.